The van der Waals surface area contributed by atoms with E-state index in [1.54, 1.807) is 45.0 Å². The molecule has 230 valence electrons. The van der Waals surface area contributed by atoms with Crippen molar-refractivity contribution < 1.29 is 28.7 Å². The number of anilines is 2. The number of hydrogen-bond acceptors (Lipinski definition) is 6. The van der Waals surface area contributed by atoms with E-state index in [0.29, 0.717) is 16.9 Å². The number of ether oxygens (including phenoxy) is 1. The highest BCUT2D eigenvalue weighted by molar-refractivity contribution is 9.10. The lowest BCUT2D eigenvalue weighted by molar-refractivity contribution is -0.152. The van der Waals surface area contributed by atoms with Gasteiger partial charge in [-0.3, -0.25) is 19.2 Å². The van der Waals surface area contributed by atoms with Crippen LogP contribution in [-0.2, 0) is 28.7 Å². The zero-order chi connectivity index (χ0) is 32.3. The summed E-state index contributed by atoms with van der Waals surface area (Å²) in [4.78, 5) is 75.2. The second kappa shape index (κ2) is 9.69. The van der Waals surface area contributed by atoms with Crippen LogP contribution in [0.2, 0.25) is 0 Å². The zero-order valence-electron chi connectivity index (χ0n) is 25.3. The fraction of sp³-hybridized carbons (Fsp3) is 0.270. The lowest BCUT2D eigenvalue weighted by Gasteiger charge is -2.59. The molecule has 4 aromatic carbocycles. The summed E-state index contributed by atoms with van der Waals surface area (Å²) < 4.78 is 4.04. The first kappa shape index (κ1) is 28.8. The van der Waals surface area contributed by atoms with Crippen molar-refractivity contribution in [3.05, 3.63) is 96.1 Å². The van der Waals surface area contributed by atoms with Gasteiger partial charge in [-0.15, -0.1) is 0 Å². The SMILES string of the molecule is CCOC(=O)C1=C(C)C2(Br)[C@H]3C(=O)N(c4cccc5ccccc45)C(=O)[C@@H]3C1(C)[C@H]1C(=O)N(c3cccc4ccccc34)C(=O)[C@@H]12. The van der Waals surface area contributed by atoms with Gasteiger partial charge < -0.3 is 4.74 Å². The molecule has 0 N–H and O–H groups in total. The molecule has 2 bridgehead atoms. The van der Waals surface area contributed by atoms with E-state index in [0.717, 1.165) is 21.5 Å². The minimum Gasteiger partial charge on any atom is -0.463 e. The number of amides is 4. The van der Waals surface area contributed by atoms with Crippen molar-refractivity contribution >= 4 is 78.4 Å². The maximum absolute atomic E-state index is 14.8. The number of carbonyl (C=O) groups is 5. The normalized spacial score (nSPS) is 30.1. The third-order valence-electron chi connectivity index (χ3n) is 10.8. The monoisotopic (exact) mass is 676 g/mol. The van der Waals surface area contributed by atoms with Crippen LogP contribution in [0.3, 0.4) is 0 Å². The number of nitrogens with zero attached hydrogens (tertiary/aromatic N) is 2. The first-order chi connectivity index (χ1) is 22.1. The molecule has 4 atom stereocenters. The van der Waals surface area contributed by atoms with E-state index < -0.39 is 63.0 Å². The number of benzene rings is 4. The lowest BCUT2D eigenvalue weighted by atomic mass is 9.43. The Morgan fingerprint density at radius 3 is 1.57 bits per heavy atom. The molecule has 9 heteroatoms. The fourth-order valence-electron chi connectivity index (χ4n) is 9.01. The highest BCUT2D eigenvalue weighted by atomic mass is 79.9. The Kier molecular flexibility index (Phi) is 6.07. The summed E-state index contributed by atoms with van der Waals surface area (Å²) in [6.45, 7) is 5.17. The molecule has 0 radical (unpaired) electrons. The van der Waals surface area contributed by atoms with E-state index in [4.69, 9.17) is 4.74 Å². The summed E-state index contributed by atoms with van der Waals surface area (Å²) in [6.07, 6.45) is 0. The minimum atomic E-state index is -1.51. The average molecular weight is 678 g/mol. The summed E-state index contributed by atoms with van der Waals surface area (Å²) in [5, 5.41) is 3.15. The summed E-state index contributed by atoms with van der Waals surface area (Å²) in [7, 11) is 0. The number of carbonyl (C=O) groups excluding carboxylic acids is 5. The van der Waals surface area contributed by atoms with Gasteiger partial charge >= 0.3 is 5.97 Å². The van der Waals surface area contributed by atoms with Crippen LogP contribution in [0.4, 0.5) is 11.4 Å². The van der Waals surface area contributed by atoms with Crippen LogP contribution < -0.4 is 9.80 Å². The van der Waals surface area contributed by atoms with Gasteiger partial charge in [-0.25, -0.2) is 14.6 Å². The molecule has 8 nitrogen and oxygen atoms in total. The minimum absolute atomic E-state index is 0.0766. The number of halogens is 1. The average Bonchev–Trinajstić information content (AvgIpc) is 3.49. The molecule has 4 amide bonds. The largest absolute Gasteiger partial charge is 0.463 e. The van der Waals surface area contributed by atoms with E-state index in [-0.39, 0.29) is 12.2 Å². The summed E-state index contributed by atoms with van der Waals surface area (Å²) in [5.41, 5.74) is -0.0399. The summed E-state index contributed by atoms with van der Waals surface area (Å²) in [6, 6.07) is 25.8. The Morgan fingerprint density at radius 2 is 1.11 bits per heavy atom. The maximum Gasteiger partial charge on any atom is 0.334 e. The van der Waals surface area contributed by atoms with E-state index >= 15 is 0 Å². The number of rotatable bonds is 4. The number of alkyl halides is 1. The zero-order valence-corrected chi connectivity index (χ0v) is 26.9. The molecular formula is C37H29BrN2O6. The van der Waals surface area contributed by atoms with Crippen molar-refractivity contribution in [3.63, 3.8) is 0 Å². The lowest BCUT2D eigenvalue weighted by Crippen LogP contribution is -2.67. The summed E-state index contributed by atoms with van der Waals surface area (Å²) >= 11 is 3.87. The Balaban J connectivity index is 1.36. The smallest absolute Gasteiger partial charge is 0.334 e. The van der Waals surface area contributed by atoms with Crippen molar-refractivity contribution in [2.45, 2.75) is 25.1 Å². The molecule has 9 rings (SSSR count). The maximum atomic E-state index is 14.8. The van der Waals surface area contributed by atoms with Gasteiger partial charge in [0.25, 0.3) is 0 Å². The van der Waals surface area contributed by atoms with Gasteiger partial charge in [0.05, 0.1) is 46.0 Å². The van der Waals surface area contributed by atoms with E-state index in [1.807, 2.05) is 60.7 Å². The van der Waals surface area contributed by atoms with Crippen LogP contribution in [0, 0.1) is 29.1 Å². The molecule has 3 aliphatic carbocycles. The highest BCUT2D eigenvalue weighted by Crippen LogP contribution is 2.72. The third-order valence-corrected chi connectivity index (χ3v) is 12.4. The quantitative estimate of drug-likeness (QED) is 0.150. The number of imide groups is 2. The first-order valence-electron chi connectivity index (χ1n) is 15.4. The van der Waals surface area contributed by atoms with Gasteiger partial charge in [0.2, 0.25) is 23.6 Å². The molecule has 5 aliphatic rings. The van der Waals surface area contributed by atoms with Crippen molar-refractivity contribution in [3.8, 4) is 0 Å². The van der Waals surface area contributed by atoms with Gasteiger partial charge in [0.1, 0.15) is 0 Å². The van der Waals surface area contributed by atoms with Gasteiger partial charge in [-0.2, -0.15) is 0 Å². The predicted molar refractivity (Wildman–Crippen MR) is 176 cm³/mol. The van der Waals surface area contributed by atoms with Gasteiger partial charge in [-0.05, 0) is 42.3 Å². The third kappa shape index (κ3) is 3.31. The molecular weight excluding hydrogens is 648 g/mol. The van der Waals surface area contributed by atoms with Crippen LogP contribution in [0.25, 0.3) is 21.5 Å². The van der Waals surface area contributed by atoms with Crippen LogP contribution in [0.5, 0.6) is 0 Å². The standard InChI is InChI=1S/C37H29BrN2O6/c1-4-46-35(45)26-19(2)37(38)29-27(31(41)39(33(29)43)24-17-9-13-20-11-5-7-15-22(20)24)36(26,3)28-30(37)34(44)40(32(28)42)25-18-10-14-21-12-6-8-16-23(21)25/h5-18,27-30H,4H2,1-3H3/t27-,28-,29-,30-,36?,37?/m1/s1. The Labute approximate surface area is 273 Å². The van der Waals surface area contributed by atoms with E-state index in [2.05, 4.69) is 15.9 Å². The number of hydrogen-bond donors (Lipinski definition) is 0. The number of esters is 1. The van der Waals surface area contributed by atoms with Crippen LogP contribution >= 0.6 is 15.9 Å². The Bertz CT molecular complexity index is 1990. The molecule has 0 aromatic heterocycles. The van der Waals surface area contributed by atoms with Crippen LogP contribution in [-0.4, -0.2) is 40.5 Å². The van der Waals surface area contributed by atoms with Gasteiger partial charge in [0, 0.05) is 21.8 Å². The van der Waals surface area contributed by atoms with Crippen LogP contribution in [0.1, 0.15) is 20.8 Å². The molecule has 2 heterocycles. The van der Waals surface area contributed by atoms with Crippen molar-refractivity contribution in [2.24, 2.45) is 29.1 Å². The van der Waals surface area contributed by atoms with E-state index in [1.165, 1.54) is 9.80 Å². The topological polar surface area (TPSA) is 101 Å². The van der Waals surface area contributed by atoms with E-state index in [9.17, 15) is 24.0 Å². The summed E-state index contributed by atoms with van der Waals surface area (Å²) in [5.74, 6) is -6.92. The van der Waals surface area contributed by atoms with Crippen molar-refractivity contribution in [1.82, 2.24) is 0 Å². The second-order valence-electron chi connectivity index (χ2n) is 12.7. The fourth-order valence-corrected chi connectivity index (χ4v) is 10.1. The number of allylic oxidation sites excluding steroid dienone is 1. The molecule has 2 saturated heterocycles. The van der Waals surface area contributed by atoms with Gasteiger partial charge in [0.15, 0.2) is 0 Å². The van der Waals surface area contributed by atoms with Crippen molar-refractivity contribution in [2.75, 3.05) is 16.4 Å². The molecule has 0 unspecified atom stereocenters. The van der Waals surface area contributed by atoms with Crippen molar-refractivity contribution in [1.29, 1.82) is 0 Å². The number of fused-ring (bicyclic) bond motifs is 2. The molecule has 46 heavy (non-hydrogen) atoms. The second-order valence-corrected chi connectivity index (χ2v) is 14.0. The Morgan fingerprint density at radius 1 is 0.696 bits per heavy atom. The van der Waals surface area contributed by atoms with Crippen LogP contribution in [0.15, 0.2) is 96.1 Å². The van der Waals surface area contributed by atoms with Gasteiger partial charge in [-0.1, -0.05) is 95.7 Å². The molecule has 0 spiro atoms. The molecule has 1 saturated carbocycles. The highest BCUT2D eigenvalue weighted by Gasteiger charge is 2.81. The molecule has 3 fully saturated rings. The predicted octanol–water partition coefficient (Wildman–Crippen LogP) is 5.95. The molecule has 4 aromatic rings. The molecule has 2 aliphatic heterocycles. The first-order valence-corrected chi connectivity index (χ1v) is 16.2. The Hall–Kier alpha value is -4.63.